The van der Waals surface area contributed by atoms with E-state index in [0.29, 0.717) is 25.0 Å². The van der Waals surface area contributed by atoms with Gasteiger partial charge in [-0.3, -0.25) is 14.6 Å². The fraction of sp³-hybridized carbons (Fsp3) is 0.421. The SMILES string of the molecule is CCCNC(=O)C1(CCC)C=C(c2cccnc2)C=C(C(N)=O)C1. The molecule has 2 rings (SSSR count). The molecule has 1 aliphatic carbocycles. The predicted molar refractivity (Wildman–Crippen MR) is 94.8 cm³/mol. The van der Waals surface area contributed by atoms with Crippen LogP contribution in [0.25, 0.3) is 5.57 Å². The summed E-state index contributed by atoms with van der Waals surface area (Å²) < 4.78 is 0. The summed E-state index contributed by atoms with van der Waals surface area (Å²) in [5.41, 5.74) is 6.98. The summed E-state index contributed by atoms with van der Waals surface area (Å²) in [6.07, 6.45) is 9.89. The minimum absolute atomic E-state index is 0.0422. The fourth-order valence-electron chi connectivity index (χ4n) is 3.11. The Morgan fingerprint density at radius 2 is 2.12 bits per heavy atom. The van der Waals surface area contributed by atoms with Gasteiger partial charge in [0.15, 0.2) is 0 Å². The minimum atomic E-state index is -0.742. The van der Waals surface area contributed by atoms with Gasteiger partial charge in [-0.25, -0.2) is 0 Å². The van der Waals surface area contributed by atoms with Gasteiger partial charge < -0.3 is 11.1 Å². The Morgan fingerprint density at radius 3 is 2.71 bits per heavy atom. The molecule has 0 radical (unpaired) electrons. The monoisotopic (exact) mass is 327 g/mol. The van der Waals surface area contributed by atoms with Gasteiger partial charge in [-0.05, 0) is 42.5 Å². The molecule has 1 aliphatic rings. The van der Waals surface area contributed by atoms with E-state index in [1.54, 1.807) is 18.5 Å². The number of hydrogen-bond donors (Lipinski definition) is 2. The quantitative estimate of drug-likeness (QED) is 0.807. The summed E-state index contributed by atoms with van der Waals surface area (Å²) >= 11 is 0. The number of nitrogens with one attached hydrogen (secondary N) is 1. The molecule has 0 spiro atoms. The highest BCUT2D eigenvalue weighted by Crippen LogP contribution is 2.41. The summed E-state index contributed by atoms with van der Waals surface area (Å²) in [6.45, 7) is 4.67. The van der Waals surface area contributed by atoms with Crippen LogP contribution in [0.4, 0.5) is 0 Å². The van der Waals surface area contributed by atoms with Crippen LogP contribution in [-0.2, 0) is 9.59 Å². The van der Waals surface area contributed by atoms with Gasteiger partial charge in [0.25, 0.3) is 0 Å². The third-order valence-electron chi connectivity index (χ3n) is 4.26. The van der Waals surface area contributed by atoms with Gasteiger partial charge in [-0.15, -0.1) is 0 Å². The predicted octanol–water partition coefficient (Wildman–Crippen LogP) is 2.59. The lowest BCUT2D eigenvalue weighted by Crippen LogP contribution is -2.42. The molecule has 0 fully saturated rings. The van der Waals surface area contributed by atoms with Crippen LogP contribution in [0.15, 0.2) is 42.3 Å². The molecule has 1 atom stereocenters. The number of aromatic nitrogens is 1. The highest BCUT2D eigenvalue weighted by molar-refractivity contribution is 6.00. The second-order valence-corrected chi connectivity index (χ2v) is 6.21. The molecule has 0 bridgehead atoms. The van der Waals surface area contributed by atoms with Crippen molar-refractivity contribution in [3.05, 3.63) is 47.8 Å². The number of primary amides is 1. The Bertz CT molecular complexity index is 664. The molecule has 3 N–H and O–H groups in total. The van der Waals surface area contributed by atoms with E-state index < -0.39 is 11.3 Å². The first-order valence-electron chi connectivity index (χ1n) is 8.44. The number of nitrogens with two attached hydrogens (primary N) is 1. The summed E-state index contributed by atoms with van der Waals surface area (Å²) in [5, 5.41) is 2.98. The minimum Gasteiger partial charge on any atom is -0.366 e. The van der Waals surface area contributed by atoms with Crippen LogP contribution < -0.4 is 11.1 Å². The van der Waals surface area contributed by atoms with Gasteiger partial charge in [-0.1, -0.05) is 32.4 Å². The van der Waals surface area contributed by atoms with Crippen molar-refractivity contribution < 1.29 is 9.59 Å². The second-order valence-electron chi connectivity index (χ2n) is 6.21. The van der Waals surface area contributed by atoms with Crippen molar-refractivity contribution in [2.45, 2.75) is 39.5 Å². The average molecular weight is 327 g/mol. The number of hydrogen-bond acceptors (Lipinski definition) is 3. The van der Waals surface area contributed by atoms with Crippen molar-refractivity contribution in [2.75, 3.05) is 6.54 Å². The van der Waals surface area contributed by atoms with E-state index in [0.717, 1.165) is 24.0 Å². The summed E-state index contributed by atoms with van der Waals surface area (Å²) in [7, 11) is 0. The molecule has 1 heterocycles. The van der Waals surface area contributed by atoms with Crippen LogP contribution in [-0.4, -0.2) is 23.3 Å². The van der Waals surface area contributed by atoms with Crippen LogP contribution in [0, 0.1) is 5.41 Å². The fourth-order valence-corrected chi connectivity index (χ4v) is 3.11. The highest BCUT2D eigenvalue weighted by atomic mass is 16.2. The van der Waals surface area contributed by atoms with Gasteiger partial charge in [0, 0.05) is 24.5 Å². The standard InChI is InChI=1S/C19H25N3O2/c1-3-7-19(18(24)22-8-4-2)11-15(10-16(12-19)17(20)23)14-6-5-9-21-13-14/h5-6,9-11,13H,3-4,7-8,12H2,1-2H3,(H2,20,23)(H,22,24). The summed E-state index contributed by atoms with van der Waals surface area (Å²) in [4.78, 5) is 28.8. The number of allylic oxidation sites excluding steroid dienone is 2. The second kappa shape index (κ2) is 7.90. The Kier molecular flexibility index (Phi) is 5.90. The van der Waals surface area contributed by atoms with Gasteiger partial charge in [0.1, 0.15) is 0 Å². The van der Waals surface area contributed by atoms with E-state index in [1.807, 2.05) is 32.1 Å². The molecule has 0 aliphatic heterocycles. The summed E-state index contributed by atoms with van der Waals surface area (Å²) in [5.74, 6) is -0.521. The number of carbonyl (C=O) groups excluding carboxylic acids is 2. The molecule has 1 aromatic rings. The van der Waals surface area contributed by atoms with Crippen molar-refractivity contribution in [1.29, 1.82) is 0 Å². The van der Waals surface area contributed by atoms with Gasteiger partial charge >= 0.3 is 0 Å². The smallest absolute Gasteiger partial charge is 0.244 e. The van der Waals surface area contributed by atoms with E-state index >= 15 is 0 Å². The third-order valence-corrected chi connectivity index (χ3v) is 4.26. The molecule has 0 saturated heterocycles. The van der Waals surface area contributed by atoms with Crippen molar-refractivity contribution in [3.8, 4) is 0 Å². The first-order valence-corrected chi connectivity index (χ1v) is 8.44. The molecule has 5 nitrogen and oxygen atoms in total. The van der Waals surface area contributed by atoms with Crippen LogP contribution in [0.1, 0.15) is 45.1 Å². The Labute approximate surface area is 143 Å². The van der Waals surface area contributed by atoms with E-state index in [9.17, 15) is 9.59 Å². The lowest BCUT2D eigenvalue weighted by Gasteiger charge is -2.33. The van der Waals surface area contributed by atoms with Gasteiger partial charge in [0.05, 0.1) is 5.41 Å². The van der Waals surface area contributed by atoms with Crippen molar-refractivity contribution in [1.82, 2.24) is 10.3 Å². The largest absolute Gasteiger partial charge is 0.366 e. The van der Waals surface area contributed by atoms with E-state index in [-0.39, 0.29) is 5.91 Å². The topological polar surface area (TPSA) is 85.1 Å². The number of nitrogens with zero attached hydrogens (tertiary/aromatic N) is 1. The van der Waals surface area contributed by atoms with Crippen LogP contribution >= 0.6 is 0 Å². The maximum atomic E-state index is 12.9. The molecule has 0 saturated carbocycles. The number of pyridine rings is 1. The summed E-state index contributed by atoms with van der Waals surface area (Å²) in [6, 6.07) is 3.75. The first kappa shape index (κ1) is 17.9. The third kappa shape index (κ3) is 3.91. The molecule has 128 valence electrons. The van der Waals surface area contributed by atoms with E-state index in [1.165, 1.54) is 0 Å². The molecule has 2 amide bonds. The van der Waals surface area contributed by atoms with E-state index in [2.05, 4.69) is 10.3 Å². The zero-order valence-corrected chi connectivity index (χ0v) is 14.3. The molecular weight excluding hydrogens is 302 g/mol. The first-order chi connectivity index (χ1) is 11.5. The highest BCUT2D eigenvalue weighted by Gasteiger charge is 2.39. The van der Waals surface area contributed by atoms with Crippen molar-refractivity contribution in [2.24, 2.45) is 11.1 Å². The Balaban J connectivity index is 2.49. The average Bonchev–Trinajstić information content (AvgIpc) is 2.60. The molecule has 5 heteroatoms. The lowest BCUT2D eigenvalue weighted by atomic mass is 9.71. The van der Waals surface area contributed by atoms with Gasteiger partial charge in [-0.2, -0.15) is 0 Å². The van der Waals surface area contributed by atoms with Crippen molar-refractivity contribution >= 4 is 17.4 Å². The molecule has 1 aromatic heterocycles. The molecular formula is C19H25N3O2. The number of amides is 2. The van der Waals surface area contributed by atoms with Crippen molar-refractivity contribution in [3.63, 3.8) is 0 Å². The zero-order chi connectivity index (χ0) is 17.6. The van der Waals surface area contributed by atoms with Crippen LogP contribution in [0.2, 0.25) is 0 Å². The molecule has 0 aromatic carbocycles. The van der Waals surface area contributed by atoms with Crippen LogP contribution in [0.3, 0.4) is 0 Å². The lowest BCUT2D eigenvalue weighted by molar-refractivity contribution is -0.129. The maximum absolute atomic E-state index is 12.9. The molecule has 24 heavy (non-hydrogen) atoms. The number of rotatable bonds is 7. The van der Waals surface area contributed by atoms with Gasteiger partial charge in [0.2, 0.25) is 11.8 Å². The maximum Gasteiger partial charge on any atom is 0.244 e. The Morgan fingerprint density at radius 1 is 1.33 bits per heavy atom. The molecule has 1 unspecified atom stereocenters. The zero-order valence-electron chi connectivity index (χ0n) is 14.3. The van der Waals surface area contributed by atoms with E-state index in [4.69, 9.17) is 5.73 Å². The normalized spacial score (nSPS) is 20.1. The Hall–Kier alpha value is -2.43. The van der Waals surface area contributed by atoms with Crippen LogP contribution in [0.5, 0.6) is 0 Å². The number of carbonyl (C=O) groups is 2.